The number of rotatable bonds is 5. The van der Waals surface area contributed by atoms with Crippen molar-refractivity contribution < 1.29 is 28.7 Å². The van der Waals surface area contributed by atoms with Gasteiger partial charge in [-0.1, -0.05) is 12.1 Å². The number of hydrogen-bond donors (Lipinski definition) is 0. The van der Waals surface area contributed by atoms with Gasteiger partial charge in [0.1, 0.15) is 6.54 Å². The van der Waals surface area contributed by atoms with Gasteiger partial charge < -0.3 is 19.3 Å². The Morgan fingerprint density at radius 2 is 1.42 bits per heavy atom. The number of hydrogen-bond acceptors (Lipinski definition) is 6. The lowest BCUT2D eigenvalue weighted by Crippen LogP contribution is -2.44. The number of benzene rings is 2. The minimum Gasteiger partial charge on any atom is -0.493 e. The first-order valence-corrected chi connectivity index (χ1v) is 10.7. The number of imide groups is 1. The second-order valence-electron chi connectivity index (χ2n) is 7.84. The molecule has 2 heterocycles. The van der Waals surface area contributed by atoms with E-state index in [9.17, 15) is 19.2 Å². The molecule has 0 N–H and O–H groups in total. The van der Waals surface area contributed by atoms with Crippen molar-refractivity contribution in [2.75, 3.05) is 46.9 Å². The molecule has 4 amide bonds. The van der Waals surface area contributed by atoms with Crippen LogP contribution >= 0.6 is 0 Å². The second kappa shape index (κ2) is 9.32. The zero-order valence-electron chi connectivity index (χ0n) is 18.6. The molecular weight excluding hydrogens is 426 g/mol. The molecule has 2 aliphatic heterocycles. The molecule has 0 unspecified atom stereocenters. The molecule has 2 aliphatic rings. The smallest absolute Gasteiger partial charge is 0.262 e. The summed E-state index contributed by atoms with van der Waals surface area (Å²) < 4.78 is 10.5. The lowest BCUT2D eigenvalue weighted by atomic mass is 10.1. The van der Waals surface area contributed by atoms with Gasteiger partial charge in [0.15, 0.2) is 11.5 Å². The highest BCUT2D eigenvalue weighted by Gasteiger charge is 2.37. The zero-order chi connectivity index (χ0) is 23.5. The Hall–Kier alpha value is -3.88. The Labute approximate surface area is 191 Å². The number of carbonyl (C=O) groups is 4. The number of ether oxygens (including phenoxy) is 2. The van der Waals surface area contributed by atoms with Crippen LogP contribution in [0.3, 0.4) is 0 Å². The lowest BCUT2D eigenvalue weighted by Gasteiger charge is -2.24. The second-order valence-corrected chi connectivity index (χ2v) is 7.84. The molecular formula is C24H25N3O6. The molecule has 0 spiro atoms. The molecule has 0 bridgehead atoms. The Bertz CT molecular complexity index is 1080. The molecule has 172 valence electrons. The van der Waals surface area contributed by atoms with Crippen molar-refractivity contribution in [2.45, 2.75) is 6.42 Å². The summed E-state index contributed by atoms with van der Waals surface area (Å²) in [5.41, 5.74) is 1.11. The highest BCUT2D eigenvalue weighted by Crippen LogP contribution is 2.28. The van der Waals surface area contributed by atoms with Gasteiger partial charge in [-0.25, -0.2) is 0 Å². The van der Waals surface area contributed by atoms with Gasteiger partial charge >= 0.3 is 0 Å². The molecule has 9 nitrogen and oxygen atoms in total. The van der Waals surface area contributed by atoms with E-state index in [-0.39, 0.29) is 18.4 Å². The van der Waals surface area contributed by atoms with Crippen molar-refractivity contribution >= 4 is 23.6 Å². The average molecular weight is 451 g/mol. The van der Waals surface area contributed by atoms with E-state index in [1.54, 1.807) is 52.3 Å². The molecule has 1 saturated heterocycles. The summed E-state index contributed by atoms with van der Waals surface area (Å²) in [7, 11) is 3.04. The van der Waals surface area contributed by atoms with Crippen LogP contribution in [-0.4, -0.2) is 85.3 Å². The van der Waals surface area contributed by atoms with Crippen molar-refractivity contribution in [2.24, 2.45) is 0 Å². The zero-order valence-corrected chi connectivity index (χ0v) is 18.6. The highest BCUT2D eigenvalue weighted by molar-refractivity contribution is 6.22. The monoisotopic (exact) mass is 451 g/mol. The number of carbonyl (C=O) groups excluding carboxylic acids is 4. The Morgan fingerprint density at radius 3 is 2.06 bits per heavy atom. The van der Waals surface area contributed by atoms with Gasteiger partial charge in [-0.15, -0.1) is 0 Å². The van der Waals surface area contributed by atoms with Gasteiger partial charge in [0.05, 0.1) is 25.3 Å². The maximum Gasteiger partial charge on any atom is 0.262 e. The Morgan fingerprint density at radius 1 is 0.818 bits per heavy atom. The topological polar surface area (TPSA) is 96.5 Å². The van der Waals surface area contributed by atoms with Gasteiger partial charge in [-0.2, -0.15) is 0 Å². The summed E-state index contributed by atoms with van der Waals surface area (Å²) in [4.78, 5) is 55.3. The molecule has 33 heavy (non-hydrogen) atoms. The van der Waals surface area contributed by atoms with E-state index in [1.165, 1.54) is 14.2 Å². The van der Waals surface area contributed by atoms with Crippen molar-refractivity contribution in [3.05, 3.63) is 59.2 Å². The van der Waals surface area contributed by atoms with Crippen LogP contribution in [0.15, 0.2) is 42.5 Å². The molecule has 0 atom stereocenters. The van der Waals surface area contributed by atoms with E-state index in [0.29, 0.717) is 60.8 Å². The van der Waals surface area contributed by atoms with Crippen molar-refractivity contribution in [1.82, 2.24) is 14.7 Å². The van der Waals surface area contributed by atoms with Crippen LogP contribution in [0.5, 0.6) is 11.5 Å². The molecule has 0 radical (unpaired) electrons. The van der Waals surface area contributed by atoms with Crippen LogP contribution in [0.25, 0.3) is 0 Å². The third-order valence-electron chi connectivity index (χ3n) is 5.94. The van der Waals surface area contributed by atoms with Crippen LogP contribution in [0, 0.1) is 0 Å². The van der Waals surface area contributed by atoms with Gasteiger partial charge in [-0.3, -0.25) is 24.1 Å². The summed E-state index contributed by atoms with van der Waals surface area (Å²) in [5.74, 6) is -0.380. The molecule has 0 aromatic heterocycles. The number of amides is 4. The van der Waals surface area contributed by atoms with Crippen LogP contribution < -0.4 is 9.47 Å². The number of methoxy groups -OCH3 is 2. The molecule has 1 fully saturated rings. The van der Waals surface area contributed by atoms with E-state index in [0.717, 1.165) is 4.90 Å². The normalized spacial score (nSPS) is 15.9. The van der Waals surface area contributed by atoms with Crippen molar-refractivity contribution in [3.63, 3.8) is 0 Å². The summed E-state index contributed by atoms with van der Waals surface area (Å²) in [6, 6.07) is 11.5. The molecule has 2 aromatic carbocycles. The van der Waals surface area contributed by atoms with Crippen molar-refractivity contribution in [1.29, 1.82) is 0 Å². The van der Waals surface area contributed by atoms with Gasteiger partial charge in [0.25, 0.3) is 17.7 Å². The maximum absolute atomic E-state index is 13.0. The Balaban J connectivity index is 1.39. The van der Waals surface area contributed by atoms with E-state index in [2.05, 4.69) is 0 Å². The SMILES string of the molecule is COc1ccc(C(=O)N2CCCN(C(=O)CN3C(=O)c4ccccc4C3=O)CC2)cc1OC. The first-order chi connectivity index (χ1) is 15.9. The van der Waals surface area contributed by atoms with E-state index in [1.807, 2.05) is 0 Å². The van der Waals surface area contributed by atoms with Crippen LogP contribution in [0.4, 0.5) is 0 Å². The number of fused-ring (bicyclic) bond motifs is 1. The van der Waals surface area contributed by atoms with E-state index < -0.39 is 11.8 Å². The largest absolute Gasteiger partial charge is 0.493 e. The predicted octanol–water partition coefficient (Wildman–Crippen LogP) is 1.67. The first kappa shape index (κ1) is 22.3. The molecule has 0 aliphatic carbocycles. The van der Waals surface area contributed by atoms with Gasteiger partial charge in [-0.05, 0) is 36.8 Å². The van der Waals surface area contributed by atoms with Crippen molar-refractivity contribution in [3.8, 4) is 11.5 Å². The first-order valence-electron chi connectivity index (χ1n) is 10.7. The Kier molecular flexibility index (Phi) is 6.30. The fourth-order valence-electron chi connectivity index (χ4n) is 4.14. The van der Waals surface area contributed by atoms with Gasteiger partial charge in [0.2, 0.25) is 5.91 Å². The molecule has 9 heteroatoms. The fraction of sp³-hybridized carbons (Fsp3) is 0.333. The molecule has 4 rings (SSSR count). The molecule has 2 aromatic rings. The highest BCUT2D eigenvalue weighted by atomic mass is 16.5. The van der Waals surface area contributed by atoms with E-state index >= 15 is 0 Å². The number of nitrogens with zero attached hydrogens (tertiary/aromatic N) is 3. The standard InChI is InChI=1S/C24H25N3O6/c1-32-19-9-8-16(14-20(19)33-2)22(29)26-11-5-10-25(12-13-26)21(28)15-27-23(30)17-6-3-4-7-18(17)24(27)31/h3-4,6-9,14H,5,10-13,15H2,1-2H3. The third-order valence-corrected chi connectivity index (χ3v) is 5.94. The lowest BCUT2D eigenvalue weighted by molar-refractivity contribution is -0.131. The fourth-order valence-corrected chi connectivity index (χ4v) is 4.14. The maximum atomic E-state index is 13.0. The van der Waals surface area contributed by atoms with Crippen LogP contribution in [0.1, 0.15) is 37.5 Å². The summed E-state index contributed by atoms with van der Waals surface area (Å²) in [5, 5.41) is 0. The average Bonchev–Trinajstić information content (AvgIpc) is 3.01. The quantitative estimate of drug-likeness (QED) is 0.642. The van der Waals surface area contributed by atoms with Gasteiger partial charge in [0, 0.05) is 31.7 Å². The predicted molar refractivity (Wildman–Crippen MR) is 118 cm³/mol. The molecule has 0 saturated carbocycles. The minimum absolute atomic E-state index is 0.161. The van der Waals surface area contributed by atoms with E-state index in [4.69, 9.17) is 9.47 Å². The summed E-state index contributed by atoms with van der Waals surface area (Å²) in [6.45, 7) is 1.29. The van der Waals surface area contributed by atoms with Crippen LogP contribution in [-0.2, 0) is 4.79 Å². The minimum atomic E-state index is -0.455. The summed E-state index contributed by atoms with van der Waals surface area (Å²) in [6.07, 6.45) is 0.590. The van der Waals surface area contributed by atoms with Crippen LogP contribution in [0.2, 0.25) is 0 Å². The third kappa shape index (κ3) is 4.26. The summed E-state index contributed by atoms with van der Waals surface area (Å²) >= 11 is 0.